The Morgan fingerprint density at radius 2 is 2.00 bits per heavy atom. The molecule has 0 heterocycles. The molecule has 0 atom stereocenters. The molecule has 100 valence electrons. The summed E-state index contributed by atoms with van der Waals surface area (Å²) >= 11 is 0. The maximum atomic E-state index is 11.7. The van der Waals surface area contributed by atoms with Crippen molar-refractivity contribution in [2.24, 2.45) is 5.73 Å². The van der Waals surface area contributed by atoms with Crippen LogP contribution in [0.25, 0.3) is 0 Å². The highest BCUT2D eigenvalue weighted by molar-refractivity contribution is 5.93. The van der Waals surface area contributed by atoms with Crippen LogP contribution in [0, 0.1) is 0 Å². The summed E-state index contributed by atoms with van der Waals surface area (Å²) in [7, 11) is 2.83. The molecule has 0 aliphatic rings. The first-order valence-electron chi connectivity index (χ1n) is 5.59. The number of methoxy groups -OCH3 is 2. The standard InChI is InChI=1S/C13H19NO4/c1-13(2,8-14)18-11-9(12(15)17-4)6-5-7-10(11)16-3/h5-7H,8,14H2,1-4H3. The second-order valence-corrected chi connectivity index (χ2v) is 4.39. The molecule has 1 rings (SSSR count). The van der Waals surface area contributed by atoms with Crippen LogP contribution in [0.5, 0.6) is 11.5 Å². The number of benzene rings is 1. The Morgan fingerprint density at radius 1 is 1.33 bits per heavy atom. The predicted molar refractivity (Wildman–Crippen MR) is 68.1 cm³/mol. The summed E-state index contributed by atoms with van der Waals surface area (Å²) in [5, 5.41) is 0. The van der Waals surface area contributed by atoms with Crippen LogP contribution in [0.15, 0.2) is 18.2 Å². The highest BCUT2D eigenvalue weighted by atomic mass is 16.5. The fourth-order valence-electron chi connectivity index (χ4n) is 1.37. The van der Waals surface area contributed by atoms with Crippen LogP contribution in [0.4, 0.5) is 0 Å². The minimum Gasteiger partial charge on any atom is -0.493 e. The summed E-state index contributed by atoms with van der Waals surface area (Å²) < 4.78 is 15.7. The lowest BCUT2D eigenvalue weighted by atomic mass is 10.1. The van der Waals surface area contributed by atoms with Gasteiger partial charge in [-0.3, -0.25) is 0 Å². The molecule has 0 aliphatic carbocycles. The highest BCUT2D eigenvalue weighted by Gasteiger charge is 2.24. The van der Waals surface area contributed by atoms with Crippen LogP contribution in [0.3, 0.4) is 0 Å². The Morgan fingerprint density at radius 3 is 2.50 bits per heavy atom. The van der Waals surface area contributed by atoms with E-state index in [4.69, 9.17) is 19.9 Å². The summed E-state index contributed by atoms with van der Waals surface area (Å²) in [6.45, 7) is 3.98. The highest BCUT2D eigenvalue weighted by Crippen LogP contribution is 2.34. The lowest BCUT2D eigenvalue weighted by Gasteiger charge is -2.26. The van der Waals surface area contributed by atoms with E-state index in [9.17, 15) is 4.79 Å². The van der Waals surface area contributed by atoms with E-state index < -0.39 is 11.6 Å². The zero-order valence-corrected chi connectivity index (χ0v) is 11.1. The van der Waals surface area contributed by atoms with Crippen molar-refractivity contribution in [2.45, 2.75) is 19.4 Å². The number of nitrogens with two attached hydrogens (primary N) is 1. The van der Waals surface area contributed by atoms with E-state index in [1.54, 1.807) is 18.2 Å². The molecule has 0 spiro atoms. The van der Waals surface area contributed by atoms with Gasteiger partial charge in [-0.05, 0) is 26.0 Å². The molecule has 0 fully saturated rings. The Hall–Kier alpha value is -1.75. The zero-order chi connectivity index (χ0) is 13.8. The molecule has 0 aromatic heterocycles. The molecule has 1 aromatic carbocycles. The first-order chi connectivity index (χ1) is 8.45. The third-order valence-electron chi connectivity index (χ3n) is 2.47. The number of para-hydroxylation sites is 1. The summed E-state index contributed by atoms with van der Waals surface area (Å²) in [4.78, 5) is 11.7. The largest absolute Gasteiger partial charge is 0.493 e. The molecule has 0 unspecified atom stereocenters. The van der Waals surface area contributed by atoms with E-state index >= 15 is 0 Å². The van der Waals surface area contributed by atoms with E-state index in [0.29, 0.717) is 23.6 Å². The smallest absolute Gasteiger partial charge is 0.341 e. The van der Waals surface area contributed by atoms with Gasteiger partial charge < -0.3 is 19.9 Å². The maximum absolute atomic E-state index is 11.7. The Balaban J connectivity index is 3.24. The summed E-state index contributed by atoms with van der Waals surface area (Å²) in [5.41, 5.74) is 5.34. The van der Waals surface area contributed by atoms with Crippen LogP contribution in [-0.4, -0.2) is 32.3 Å². The number of ether oxygens (including phenoxy) is 3. The zero-order valence-electron chi connectivity index (χ0n) is 11.1. The Labute approximate surface area is 107 Å². The summed E-state index contributed by atoms with van der Waals surface area (Å²) in [6, 6.07) is 5.04. The lowest BCUT2D eigenvalue weighted by molar-refractivity contribution is 0.0581. The van der Waals surface area contributed by atoms with E-state index in [1.165, 1.54) is 14.2 Å². The number of hydrogen-bond donors (Lipinski definition) is 1. The number of carbonyl (C=O) groups is 1. The molecular formula is C13H19NO4. The molecule has 0 amide bonds. The van der Waals surface area contributed by atoms with E-state index in [1.807, 2.05) is 13.8 Å². The maximum Gasteiger partial charge on any atom is 0.341 e. The topological polar surface area (TPSA) is 70.8 Å². The summed E-state index contributed by atoms with van der Waals surface area (Å²) in [6.07, 6.45) is 0. The van der Waals surface area contributed by atoms with Crippen LogP contribution < -0.4 is 15.2 Å². The van der Waals surface area contributed by atoms with E-state index in [0.717, 1.165) is 0 Å². The van der Waals surface area contributed by atoms with Gasteiger partial charge in [-0.1, -0.05) is 6.07 Å². The van der Waals surface area contributed by atoms with E-state index in [2.05, 4.69) is 0 Å². The van der Waals surface area contributed by atoms with Gasteiger partial charge in [0.1, 0.15) is 11.2 Å². The van der Waals surface area contributed by atoms with Crippen molar-refractivity contribution < 1.29 is 19.0 Å². The minimum atomic E-state index is -0.600. The first kappa shape index (κ1) is 14.3. The molecule has 2 N–H and O–H groups in total. The number of hydrogen-bond acceptors (Lipinski definition) is 5. The van der Waals surface area contributed by atoms with Crippen LogP contribution in [-0.2, 0) is 4.74 Å². The lowest BCUT2D eigenvalue weighted by Crippen LogP contribution is -2.37. The van der Waals surface area contributed by atoms with Gasteiger partial charge in [-0.2, -0.15) is 0 Å². The molecular weight excluding hydrogens is 234 g/mol. The fraction of sp³-hybridized carbons (Fsp3) is 0.462. The number of rotatable bonds is 5. The molecule has 0 aliphatic heterocycles. The average Bonchev–Trinajstić information content (AvgIpc) is 2.37. The minimum absolute atomic E-state index is 0.311. The molecule has 5 nitrogen and oxygen atoms in total. The van der Waals surface area contributed by atoms with Gasteiger partial charge in [0.25, 0.3) is 0 Å². The monoisotopic (exact) mass is 253 g/mol. The van der Waals surface area contributed by atoms with Gasteiger partial charge >= 0.3 is 5.97 Å². The van der Waals surface area contributed by atoms with Gasteiger partial charge in [0.15, 0.2) is 11.5 Å². The second kappa shape index (κ2) is 5.73. The molecule has 0 radical (unpaired) electrons. The van der Waals surface area contributed by atoms with Gasteiger partial charge in [-0.25, -0.2) is 4.79 Å². The third kappa shape index (κ3) is 3.13. The van der Waals surface area contributed by atoms with Crippen molar-refractivity contribution >= 4 is 5.97 Å². The van der Waals surface area contributed by atoms with E-state index in [-0.39, 0.29) is 0 Å². The molecule has 0 saturated carbocycles. The fourth-order valence-corrected chi connectivity index (χ4v) is 1.37. The normalized spacial score (nSPS) is 10.9. The average molecular weight is 253 g/mol. The number of esters is 1. The first-order valence-corrected chi connectivity index (χ1v) is 5.59. The van der Waals surface area contributed by atoms with Crippen LogP contribution >= 0.6 is 0 Å². The predicted octanol–water partition coefficient (Wildman–Crippen LogP) is 1.60. The van der Waals surface area contributed by atoms with Crippen molar-refractivity contribution in [3.8, 4) is 11.5 Å². The van der Waals surface area contributed by atoms with Gasteiger partial charge in [0, 0.05) is 6.54 Å². The SMILES string of the molecule is COC(=O)c1cccc(OC)c1OC(C)(C)CN. The van der Waals surface area contributed by atoms with Gasteiger partial charge in [-0.15, -0.1) is 0 Å². The van der Waals surface area contributed by atoms with Crippen molar-refractivity contribution in [2.75, 3.05) is 20.8 Å². The van der Waals surface area contributed by atoms with Gasteiger partial charge in [0.05, 0.1) is 14.2 Å². The molecule has 0 bridgehead atoms. The molecule has 0 saturated heterocycles. The Kier molecular flexibility index (Phi) is 4.55. The quantitative estimate of drug-likeness (QED) is 0.807. The summed E-state index contributed by atoms with van der Waals surface area (Å²) in [5.74, 6) is 0.346. The third-order valence-corrected chi connectivity index (χ3v) is 2.47. The molecule has 1 aromatic rings. The van der Waals surface area contributed by atoms with Crippen molar-refractivity contribution in [1.29, 1.82) is 0 Å². The molecule has 18 heavy (non-hydrogen) atoms. The molecule has 5 heteroatoms. The van der Waals surface area contributed by atoms with Crippen LogP contribution in [0.1, 0.15) is 24.2 Å². The number of carbonyl (C=O) groups excluding carboxylic acids is 1. The van der Waals surface area contributed by atoms with Crippen molar-refractivity contribution in [3.63, 3.8) is 0 Å². The van der Waals surface area contributed by atoms with Crippen LogP contribution in [0.2, 0.25) is 0 Å². The van der Waals surface area contributed by atoms with Gasteiger partial charge in [0.2, 0.25) is 0 Å². The second-order valence-electron chi connectivity index (χ2n) is 4.39. The van der Waals surface area contributed by atoms with Crippen molar-refractivity contribution in [3.05, 3.63) is 23.8 Å². The van der Waals surface area contributed by atoms with Crippen molar-refractivity contribution in [1.82, 2.24) is 0 Å². The Bertz CT molecular complexity index is 429.